The molecule has 0 aromatic heterocycles. The van der Waals surface area contributed by atoms with Crippen LogP contribution in [0.2, 0.25) is 0 Å². The summed E-state index contributed by atoms with van der Waals surface area (Å²) in [6.45, 7) is 8.42. The zero-order valence-electron chi connectivity index (χ0n) is 10.1. The summed E-state index contributed by atoms with van der Waals surface area (Å²) >= 11 is 0. The van der Waals surface area contributed by atoms with Gasteiger partial charge in [0.1, 0.15) is 0 Å². The predicted octanol–water partition coefficient (Wildman–Crippen LogP) is -1.33. The highest BCUT2D eigenvalue weighted by atomic mass is 16.2. The molecule has 2 aliphatic rings. The molecule has 2 rings (SSSR count). The maximum absolute atomic E-state index is 12.0. The van der Waals surface area contributed by atoms with Gasteiger partial charge >= 0.3 is 0 Å². The van der Waals surface area contributed by atoms with Crippen molar-refractivity contribution in [2.24, 2.45) is 0 Å². The molecule has 0 bridgehead atoms. The van der Waals surface area contributed by atoms with Crippen LogP contribution < -0.4 is 5.32 Å². The van der Waals surface area contributed by atoms with Gasteiger partial charge in [0.05, 0.1) is 6.54 Å². The predicted molar refractivity (Wildman–Crippen MR) is 63.4 cm³/mol. The number of piperazine rings is 2. The molecule has 92 valence electrons. The van der Waals surface area contributed by atoms with Crippen molar-refractivity contribution in [1.82, 2.24) is 20.0 Å². The Morgan fingerprint density at radius 2 is 1.69 bits per heavy atom. The van der Waals surface area contributed by atoms with Gasteiger partial charge in [0.2, 0.25) is 5.91 Å². The van der Waals surface area contributed by atoms with Crippen LogP contribution in [-0.2, 0) is 4.79 Å². The van der Waals surface area contributed by atoms with Crippen LogP contribution in [0, 0.1) is 0 Å². The maximum atomic E-state index is 12.0. The first kappa shape index (κ1) is 11.8. The highest BCUT2D eigenvalue weighted by Crippen LogP contribution is 2.01. The molecule has 1 amide bonds. The number of hydrogen-bond acceptors (Lipinski definition) is 4. The van der Waals surface area contributed by atoms with E-state index in [-0.39, 0.29) is 0 Å². The molecule has 2 aliphatic heterocycles. The summed E-state index contributed by atoms with van der Waals surface area (Å²) in [6, 6.07) is 0. The number of nitrogens with one attached hydrogen (secondary N) is 1. The van der Waals surface area contributed by atoms with Crippen molar-refractivity contribution in [3.8, 4) is 0 Å². The molecular weight excluding hydrogens is 212 g/mol. The Bertz CT molecular complexity index is 232. The summed E-state index contributed by atoms with van der Waals surface area (Å²) in [4.78, 5) is 18.6. The minimum absolute atomic E-state index is 0.297. The van der Waals surface area contributed by atoms with Crippen LogP contribution in [0.25, 0.3) is 0 Å². The quantitative estimate of drug-likeness (QED) is 0.474. The van der Waals surface area contributed by atoms with E-state index in [1.807, 2.05) is 4.90 Å². The van der Waals surface area contributed by atoms with Gasteiger partial charge in [0.25, 0.3) is 0 Å². The van der Waals surface area contributed by atoms with Crippen molar-refractivity contribution in [1.29, 1.82) is 0 Å². The molecule has 0 unspecified atom stereocenters. The van der Waals surface area contributed by atoms with Crippen LogP contribution in [0.15, 0.2) is 0 Å². The standard InChI is InChI=1S/C11H22N4O/c1-13-6-8-14(9-7-13)10-11(16)15-4-2-12-3-5-15/h12H,2-10H2,1H3/i1+1,6+1,7+1,8+1,9+1,11+1,13+1,14+1. The molecule has 1 N–H and O–H groups in total. The molecule has 2 saturated heterocycles. The van der Waals surface area contributed by atoms with Gasteiger partial charge in [-0.25, -0.2) is 0 Å². The number of nitrogens with zero attached hydrogens (tertiary/aromatic N) is 3. The molecule has 5 nitrogen and oxygen atoms in total. The third-order valence-corrected chi connectivity index (χ3v) is 3.42. The van der Waals surface area contributed by atoms with Gasteiger partial charge in [-0.15, -0.1) is 0 Å². The van der Waals surface area contributed by atoms with Gasteiger partial charge in [-0.2, -0.15) is 0 Å². The Morgan fingerprint density at radius 1 is 1.06 bits per heavy atom. The first-order valence-corrected chi connectivity index (χ1v) is 6.15. The average Bonchev–Trinajstić information content (AvgIpc) is 2.33. The fourth-order valence-electron chi connectivity index (χ4n) is 2.21. The van der Waals surface area contributed by atoms with Crippen LogP contribution in [0.3, 0.4) is 0 Å². The minimum Gasteiger partial charge on any atom is -0.339 e. The zero-order valence-corrected chi connectivity index (χ0v) is 10.1. The number of amides is 1. The van der Waals surface area contributed by atoms with E-state index in [9.17, 15) is 4.79 Å². The van der Waals surface area contributed by atoms with Crippen molar-refractivity contribution in [3.05, 3.63) is 0 Å². The molecule has 2 fully saturated rings. The Kier molecular flexibility index (Phi) is 4.15. The molecule has 0 saturated carbocycles. The smallest absolute Gasteiger partial charge is 0.236 e. The van der Waals surface area contributed by atoms with Gasteiger partial charge in [-0.05, 0) is 7.05 Å². The van der Waals surface area contributed by atoms with E-state index in [0.717, 1.165) is 52.4 Å². The molecule has 0 aromatic rings. The van der Waals surface area contributed by atoms with Crippen molar-refractivity contribution in [2.75, 3.05) is 66.0 Å². The summed E-state index contributed by atoms with van der Waals surface area (Å²) in [5, 5.41) is 3.26. The van der Waals surface area contributed by atoms with E-state index in [1.165, 1.54) is 0 Å². The van der Waals surface area contributed by atoms with Crippen molar-refractivity contribution >= 4 is 5.91 Å². The number of rotatable bonds is 2. The monoisotopic (exact) mass is 234 g/mol. The Hall–Kier alpha value is -0.650. The average molecular weight is 234 g/mol. The van der Waals surface area contributed by atoms with Crippen molar-refractivity contribution < 1.29 is 4.79 Å². The SMILES string of the molecule is [13CH3][15N]1[13CH2][13CH2][15N](C[13C](=O)N2CCNCC2)[13CH2][13CH2]1. The molecule has 2 heterocycles. The number of carbonyl (C=O) groups excluding carboxylic acids is 1. The van der Waals surface area contributed by atoms with Gasteiger partial charge < -0.3 is 15.1 Å². The van der Waals surface area contributed by atoms with E-state index in [2.05, 4.69) is 22.2 Å². The van der Waals surface area contributed by atoms with Crippen LogP contribution in [0.5, 0.6) is 0 Å². The summed E-state index contributed by atoms with van der Waals surface area (Å²) in [6.07, 6.45) is 0. The highest BCUT2D eigenvalue weighted by molar-refractivity contribution is 5.78. The molecule has 0 aliphatic carbocycles. The van der Waals surface area contributed by atoms with Crippen molar-refractivity contribution in [3.63, 3.8) is 0 Å². The van der Waals surface area contributed by atoms with Crippen molar-refractivity contribution in [2.45, 2.75) is 0 Å². The van der Waals surface area contributed by atoms with E-state index >= 15 is 0 Å². The lowest BCUT2D eigenvalue weighted by molar-refractivity contribution is -0.133. The van der Waals surface area contributed by atoms with Gasteiger partial charge in [-0.1, -0.05) is 0 Å². The second kappa shape index (κ2) is 5.61. The fourth-order valence-corrected chi connectivity index (χ4v) is 2.21. The number of likely N-dealkylation sites (N-methyl/N-ethyl adjacent to an activating group) is 1. The normalized spacial score (nSPS) is 24.7. The van der Waals surface area contributed by atoms with Crippen LogP contribution in [0.1, 0.15) is 0 Å². The van der Waals surface area contributed by atoms with Gasteiger partial charge in [0, 0.05) is 52.4 Å². The second-order valence-electron chi connectivity index (χ2n) is 4.71. The van der Waals surface area contributed by atoms with Gasteiger partial charge in [0.15, 0.2) is 0 Å². The Balaban J connectivity index is 1.73. The van der Waals surface area contributed by atoms with E-state index < -0.39 is 0 Å². The number of carbonyl (C=O) groups is 1. The molecule has 0 radical (unpaired) electrons. The maximum Gasteiger partial charge on any atom is 0.236 e. The van der Waals surface area contributed by atoms with Crippen LogP contribution in [-0.4, -0.2) is 86.6 Å². The summed E-state index contributed by atoms with van der Waals surface area (Å²) in [7, 11) is 2.13. The topological polar surface area (TPSA) is 38.8 Å². The summed E-state index contributed by atoms with van der Waals surface area (Å²) in [5.41, 5.74) is 0. The third-order valence-electron chi connectivity index (χ3n) is 3.42. The first-order chi connectivity index (χ1) is 7.75. The Morgan fingerprint density at radius 3 is 2.31 bits per heavy atom. The molecule has 16 heavy (non-hydrogen) atoms. The van der Waals surface area contributed by atoms with E-state index in [1.54, 1.807) is 0 Å². The minimum atomic E-state index is 0.297. The third kappa shape index (κ3) is 3.17. The number of hydrogen-bond donors (Lipinski definition) is 1. The largest absolute Gasteiger partial charge is 0.339 e. The molecular formula is C11H22N4O. The van der Waals surface area contributed by atoms with Crippen LogP contribution in [0.4, 0.5) is 0 Å². The highest BCUT2D eigenvalue weighted by Gasteiger charge is 2.21. The zero-order chi connectivity index (χ0) is 11.4. The molecule has 0 atom stereocenters. The lowest BCUT2D eigenvalue weighted by Gasteiger charge is -2.34. The van der Waals surface area contributed by atoms with Crippen LogP contribution >= 0.6 is 0 Å². The molecule has 5 heteroatoms. The lowest BCUT2D eigenvalue weighted by atomic mass is 10.4. The summed E-state index contributed by atoms with van der Waals surface area (Å²) < 4.78 is 0. The molecule has 0 spiro atoms. The Labute approximate surface area is 97.4 Å². The van der Waals surface area contributed by atoms with Gasteiger partial charge in [-0.3, -0.25) is 9.69 Å². The van der Waals surface area contributed by atoms with E-state index in [4.69, 9.17) is 0 Å². The van der Waals surface area contributed by atoms with E-state index in [0.29, 0.717) is 12.5 Å². The lowest BCUT2D eigenvalue weighted by Crippen LogP contribution is -2.52. The first-order valence-electron chi connectivity index (χ1n) is 6.15. The summed E-state index contributed by atoms with van der Waals surface area (Å²) in [5.74, 6) is 0.297. The second-order valence-corrected chi connectivity index (χ2v) is 4.71. The molecule has 0 aromatic carbocycles. The fraction of sp³-hybridized carbons (Fsp3) is 0.909.